The van der Waals surface area contributed by atoms with E-state index in [1.165, 1.54) is 18.2 Å². The van der Waals surface area contributed by atoms with Gasteiger partial charge in [-0.05, 0) is 49.4 Å². The minimum atomic E-state index is -4.80. The third kappa shape index (κ3) is 6.16. The van der Waals surface area contributed by atoms with Crippen LogP contribution in [0.25, 0.3) is 22.6 Å². The highest BCUT2D eigenvalue weighted by molar-refractivity contribution is 6.30. The molecule has 1 heterocycles. The number of carbonyl (C=O) groups is 1. The van der Waals surface area contributed by atoms with E-state index in [1.807, 2.05) is 0 Å². The molecule has 3 rings (SSSR count). The van der Waals surface area contributed by atoms with E-state index in [0.29, 0.717) is 21.8 Å². The number of halogens is 4. The smallest absolute Gasteiger partial charge is 0.406 e. The lowest BCUT2D eigenvalue weighted by Crippen LogP contribution is -2.35. The van der Waals surface area contributed by atoms with Gasteiger partial charge in [0.1, 0.15) is 11.4 Å². The molecule has 0 aliphatic heterocycles. The average Bonchev–Trinajstić information content (AvgIpc) is 2.73. The molecular formula is C21H17ClF3N3O3. The van der Waals surface area contributed by atoms with E-state index < -0.39 is 18.3 Å². The van der Waals surface area contributed by atoms with E-state index in [0.717, 1.165) is 12.1 Å². The van der Waals surface area contributed by atoms with Crippen LogP contribution in [0.15, 0.2) is 54.6 Å². The third-order valence-electron chi connectivity index (χ3n) is 4.10. The molecule has 1 atom stereocenters. The van der Waals surface area contributed by atoms with Crippen molar-refractivity contribution in [3.63, 3.8) is 0 Å². The quantitative estimate of drug-likeness (QED) is 0.577. The summed E-state index contributed by atoms with van der Waals surface area (Å²) in [5, 5.41) is 12.3. The highest BCUT2D eigenvalue weighted by Gasteiger charge is 2.31. The van der Waals surface area contributed by atoms with E-state index in [9.17, 15) is 23.1 Å². The summed E-state index contributed by atoms with van der Waals surface area (Å²) in [7, 11) is 0. The van der Waals surface area contributed by atoms with Gasteiger partial charge >= 0.3 is 6.36 Å². The maximum Gasteiger partial charge on any atom is 0.573 e. The predicted octanol–water partition coefficient (Wildman–Crippen LogP) is 4.47. The first-order chi connectivity index (χ1) is 14.6. The maximum absolute atomic E-state index is 12.6. The number of rotatable bonds is 6. The number of ether oxygens (including phenoxy) is 1. The summed E-state index contributed by atoms with van der Waals surface area (Å²) in [5.74, 6) is -0.787. The third-order valence-corrected chi connectivity index (χ3v) is 4.35. The number of nitrogens with one attached hydrogen (secondary N) is 1. The molecule has 2 N–H and O–H groups in total. The Kier molecular flexibility index (Phi) is 6.77. The zero-order chi connectivity index (χ0) is 22.6. The van der Waals surface area contributed by atoms with Crippen molar-refractivity contribution in [1.29, 1.82) is 0 Å². The maximum atomic E-state index is 12.6. The molecule has 2 aromatic carbocycles. The molecule has 0 unspecified atom stereocenters. The largest absolute Gasteiger partial charge is 0.573 e. The summed E-state index contributed by atoms with van der Waals surface area (Å²) in [6.45, 7) is 1.37. The first kappa shape index (κ1) is 22.5. The Hall–Kier alpha value is -3.17. The fourth-order valence-corrected chi connectivity index (χ4v) is 2.74. The number of nitrogens with zero attached hydrogens (tertiary/aromatic N) is 2. The second-order valence-electron chi connectivity index (χ2n) is 6.60. The zero-order valence-electron chi connectivity index (χ0n) is 16.2. The topological polar surface area (TPSA) is 84.3 Å². The molecule has 0 spiro atoms. The number of aliphatic hydroxyl groups excluding tert-OH is 1. The number of alkyl halides is 3. The highest BCUT2D eigenvalue weighted by Crippen LogP contribution is 2.27. The van der Waals surface area contributed by atoms with E-state index >= 15 is 0 Å². The van der Waals surface area contributed by atoms with Crippen molar-refractivity contribution in [1.82, 2.24) is 15.3 Å². The fourth-order valence-electron chi connectivity index (χ4n) is 2.61. The molecule has 0 bridgehead atoms. The van der Waals surface area contributed by atoms with Crippen LogP contribution < -0.4 is 10.1 Å². The molecule has 0 fully saturated rings. The number of aliphatic hydroxyl groups is 1. The fraction of sp³-hybridized carbons (Fsp3) is 0.190. The molecule has 10 heteroatoms. The molecule has 0 radical (unpaired) electrons. The first-order valence-corrected chi connectivity index (χ1v) is 9.45. The number of hydrogen-bond acceptors (Lipinski definition) is 5. The Labute approximate surface area is 180 Å². The van der Waals surface area contributed by atoms with E-state index in [-0.39, 0.29) is 23.9 Å². The predicted molar refractivity (Wildman–Crippen MR) is 109 cm³/mol. The van der Waals surface area contributed by atoms with Crippen molar-refractivity contribution in [2.75, 3.05) is 6.61 Å². The molecular weight excluding hydrogens is 435 g/mol. The van der Waals surface area contributed by atoms with E-state index in [1.54, 1.807) is 31.2 Å². The monoisotopic (exact) mass is 451 g/mol. The first-order valence-electron chi connectivity index (χ1n) is 9.07. The molecule has 162 valence electrons. The molecule has 1 aromatic heterocycles. The van der Waals surface area contributed by atoms with Crippen molar-refractivity contribution < 1.29 is 27.8 Å². The summed E-state index contributed by atoms with van der Waals surface area (Å²) in [6, 6.07) is 12.7. The summed E-state index contributed by atoms with van der Waals surface area (Å²) in [4.78, 5) is 21.3. The Morgan fingerprint density at radius 3 is 2.29 bits per heavy atom. The van der Waals surface area contributed by atoms with Crippen molar-refractivity contribution >= 4 is 17.5 Å². The van der Waals surface area contributed by atoms with Gasteiger partial charge in [0.25, 0.3) is 5.91 Å². The molecule has 0 aliphatic rings. The van der Waals surface area contributed by atoms with Gasteiger partial charge in [0.2, 0.25) is 0 Å². The van der Waals surface area contributed by atoms with Gasteiger partial charge < -0.3 is 15.2 Å². The van der Waals surface area contributed by atoms with Gasteiger partial charge in [0.05, 0.1) is 12.3 Å². The lowest BCUT2D eigenvalue weighted by atomic mass is 10.1. The van der Waals surface area contributed by atoms with Crippen molar-refractivity contribution in [3.05, 3.63) is 65.3 Å². The number of benzene rings is 2. The second kappa shape index (κ2) is 9.32. The zero-order valence-corrected chi connectivity index (χ0v) is 16.9. The van der Waals surface area contributed by atoms with Crippen LogP contribution in [0.3, 0.4) is 0 Å². The van der Waals surface area contributed by atoms with Crippen LogP contribution in [0, 0.1) is 0 Å². The molecule has 1 amide bonds. The number of aromatic nitrogens is 2. The molecule has 6 nitrogen and oxygen atoms in total. The van der Waals surface area contributed by atoms with E-state index in [2.05, 4.69) is 20.0 Å². The Bertz CT molecular complexity index is 1060. The van der Waals surface area contributed by atoms with Gasteiger partial charge in [-0.15, -0.1) is 13.2 Å². The SMILES string of the molecule is C[C@@H](CO)NC(=O)c1cc(-c2ccc(Cl)cc2)nc(-c2ccc(OC(F)(F)F)cc2)n1. The van der Waals surface area contributed by atoms with Gasteiger partial charge in [-0.2, -0.15) is 0 Å². The van der Waals surface area contributed by atoms with Gasteiger partial charge in [-0.3, -0.25) is 4.79 Å². The Balaban J connectivity index is 2.02. The molecule has 31 heavy (non-hydrogen) atoms. The van der Waals surface area contributed by atoms with Crippen molar-refractivity contribution in [3.8, 4) is 28.4 Å². The van der Waals surface area contributed by atoms with Gasteiger partial charge in [0, 0.05) is 22.2 Å². The van der Waals surface area contributed by atoms with Crippen LogP contribution in [-0.2, 0) is 0 Å². The molecule has 3 aromatic rings. The van der Waals surface area contributed by atoms with Crippen LogP contribution in [-0.4, -0.2) is 40.0 Å². The van der Waals surface area contributed by atoms with Gasteiger partial charge in [-0.1, -0.05) is 23.7 Å². The summed E-state index contributed by atoms with van der Waals surface area (Å²) < 4.78 is 41.0. The minimum Gasteiger partial charge on any atom is -0.406 e. The van der Waals surface area contributed by atoms with Crippen LogP contribution >= 0.6 is 11.6 Å². The summed E-state index contributed by atoms with van der Waals surface area (Å²) >= 11 is 5.93. The van der Waals surface area contributed by atoms with E-state index in [4.69, 9.17) is 11.6 Å². The average molecular weight is 452 g/mol. The number of hydrogen-bond donors (Lipinski definition) is 2. The molecule has 0 aliphatic carbocycles. The number of amides is 1. The molecule has 0 saturated carbocycles. The lowest BCUT2D eigenvalue weighted by Gasteiger charge is -2.13. The highest BCUT2D eigenvalue weighted by atomic mass is 35.5. The van der Waals surface area contributed by atoms with Crippen molar-refractivity contribution in [2.24, 2.45) is 0 Å². The minimum absolute atomic E-state index is 0.0332. The van der Waals surface area contributed by atoms with Gasteiger partial charge in [0.15, 0.2) is 5.82 Å². The summed E-state index contributed by atoms with van der Waals surface area (Å²) in [5.41, 5.74) is 1.49. The van der Waals surface area contributed by atoms with Crippen LogP contribution in [0.2, 0.25) is 5.02 Å². The summed E-state index contributed by atoms with van der Waals surface area (Å²) in [6.07, 6.45) is -4.80. The Morgan fingerprint density at radius 2 is 1.71 bits per heavy atom. The van der Waals surface area contributed by atoms with Crippen LogP contribution in [0.4, 0.5) is 13.2 Å². The standard InChI is InChI=1S/C21H17ClF3N3O3/c1-12(11-29)26-20(30)18-10-17(13-2-6-15(22)7-3-13)27-19(28-18)14-4-8-16(9-5-14)31-21(23,24)25/h2-10,12,29H,11H2,1H3,(H,26,30)/t12-/m0/s1. The second-order valence-corrected chi connectivity index (χ2v) is 7.03. The van der Waals surface area contributed by atoms with Crippen molar-refractivity contribution in [2.45, 2.75) is 19.3 Å². The van der Waals surface area contributed by atoms with Crippen LogP contribution in [0.5, 0.6) is 5.75 Å². The number of carbonyl (C=O) groups excluding carboxylic acids is 1. The lowest BCUT2D eigenvalue weighted by molar-refractivity contribution is -0.274. The van der Waals surface area contributed by atoms with Gasteiger partial charge in [-0.25, -0.2) is 9.97 Å². The van der Waals surface area contributed by atoms with Crippen LogP contribution in [0.1, 0.15) is 17.4 Å². The molecule has 0 saturated heterocycles. The Morgan fingerprint density at radius 1 is 1.10 bits per heavy atom. The normalized spacial score (nSPS) is 12.3.